The number of hydrogen-bond acceptors (Lipinski definition) is 4. The molecule has 0 aliphatic carbocycles. The Balaban J connectivity index is 1.30. The molecule has 0 unspecified atom stereocenters. The van der Waals surface area contributed by atoms with Crippen molar-refractivity contribution in [3.05, 3.63) is 66.1 Å². The summed E-state index contributed by atoms with van der Waals surface area (Å²) in [4.78, 5) is 14.3. The molecule has 1 aliphatic rings. The summed E-state index contributed by atoms with van der Waals surface area (Å²) in [6.45, 7) is 1.70. The topological polar surface area (TPSA) is 74.8 Å². The van der Waals surface area contributed by atoms with Crippen molar-refractivity contribution >= 4 is 5.96 Å². The van der Waals surface area contributed by atoms with Crippen molar-refractivity contribution in [1.82, 2.24) is 20.2 Å². The molecule has 0 amide bonds. The zero-order valence-electron chi connectivity index (χ0n) is 16.7. The third-order valence-corrected chi connectivity index (χ3v) is 4.81. The summed E-state index contributed by atoms with van der Waals surface area (Å²) >= 11 is 0. The lowest BCUT2D eigenvalue weighted by atomic mass is 10.1. The number of nitrogens with one attached hydrogen (secondary N) is 2. The molecule has 0 saturated carbocycles. The second-order valence-electron chi connectivity index (χ2n) is 6.88. The van der Waals surface area contributed by atoms with Crippen molar-refractivity contribution < 1.29 is 9.47 Å². The van der Waals surface area contributed by atoms with E-state index in [1.165, 1.54) is 5.56 Å². The van der Waals surface area contributed by atoms with Crippen LogP contribution in [0.5, 0.6) is 11.5 Å². The van der Waals surface area contributed by atoms with Crippen LogP contribution in [0.25, 0.3) is 11.3 Å². The van der Waals surface area contributed by atoms with E-state index in [4.69, 9.17) is 9.47 Å². The number of aromatic nitrogens is 2. The molecule has 7 nitrogen and oxygen atoms in total. The number of aliphatic imine (C=N–C) groups is 1. The molecule has 0 saturated heterocycles. The van der Waals surface area contributed by atoms with Crippen molar-refractivity contribution in [2.24, 2.45) is 4.99 Å². The number of nitrogens with zero attached hydrogens (tertiary/aromatic N) is 3. The van der Waals surface area contributed by atoms with Gasteiger partial charge in [-0.05, 0) is 29.7 Å². The molecule has 150 valence electrons. The Bertz CT molecular complexity index is 984. The molecule has 2 aromatic carbocycles. The maximum atomic E-state index is 5.44. The molecule has 1 aromatic heterocycles. The Hall–Kier alpha value is -3.48. The number of guanidine groups is 1. The Morgan fingerprint density at radius 1 is 1.17 bits per heavy atom. The Morgan fingerprint density at radius 2 is 2.00 bits per heavy atom. The molecular weight excluding hydrogens is 366 g/mol. The minimum Gasteiger partial charge on any atom is -0.454 e. The quantitative estimate of drug-likeness (QED) is 0.499. The fourth-order valence-electron chi connectivity index (χ4n) is 3.31. The smallest absolute Gasteiger partial charge is 0.231 e. The normalized spacial score (nSPS) is 12.8. The van der Waals surface area contributed by atoms with Gasteiger partial charge in [-0.1, -0.05) is 36.4 Å². The number of hydrogen-bond donors (Lipinski definition) is 2. The van der Waals surface area contributed by atoms with Crippen LogP contribution in [0.2, 0.25) is 0 Å². The van der Waals surface area contributed by atoms with E-state index in [2.05, 4.69) is 38.5 Å². The third-order valence-electron chi connectivity index (χ3n) is 4.81. The number of H-pyrrole nitrogens is 1. The summed E-state index contributed by atoms with van der Waals surface area (Å²) in [6, 6.07) is 16.2. The van der Waals surface area contributed by atoms with E-state index in [1.807, 2.05) is 48.5 Å². The van der Waals surface area contributed by atoms with E-state index in [9.17, 15) is 0 Å². The summed E-state index contributed by atoms with van der Waals surface area (Å²) in [7, 11) is 3.79. The van der Waals surface area contributed by atoms with E-state index >= 15 is 0 Å². The monoisotopic (exact) mass is 391 g/mol. The van der Waals surface area contributed by atoms with Crippen molar-refractivity contribution in [1.29, 1.82) is 0 Å². The first-order chi connectivity index (χ1) is 14.2. The molecule has 7 heteroatoms. The predicted molar refractivity (Wildman–Crippen MR) is 113 cm³/mol. The van der Waals surface area contributed by atoms with E-state index in [0.29, 0.717) is 13.3 Å². The van der Waals surface area contributed by atoms with Crippen LogP contribution in [-0.4, -0.2) is 48.3 Å². The molecule has 2 heterocycles. The van der Waals surface area contributed by atoms with Gasteiger partial charge in [-0.25, -0.2) is 4.98 Å². The number of aromatic amines is 1. The maximum absolute atomic E-state index is 5.44. The van der Waals surface area contributed by atoms with Crippen LogP contribution in [0.15, 0.2) is 59.7 Å². The minimum atomic E-state index is 0.299. The SMILES string of the molecule is CN=C(NCCc1ccc2c(c1)OCO2)N(C)Cc1ncc(-c2ccccc2)[nH]1. The van der Waals surface area contributed by atoms with Crippen LogP contribution in [0.3, 0.4) is 0 Å². The van der Waals surface area contributed by atoms with Crippen LogP contribution in [0, 0.1) is 0 Å². The summed E-state index contributed by atoms with van der Waals surface area (Å²) in [5.41, 5.74) is 3.33. The van der Waals surface area contributed by atoms with Gasteiger partial charge in [-0.3, -0.25) is 4.99 Å². The number of benzene rings is 2. The van der Waals surface area contributed by atoms with Gasteiger partial charge in [0.1, 0.15) is 5.82 Å². The molecule has 2 N–H and O–H groups in total. The number of rotatable bonds is 6. The first-order valence-corrected chi connectivity index (χ1v) is 9.62. The van der Waals surface area contributed by atoms with Crippen molar-refractivity contribution in [3.8, 4) is 22.8 Å². The highest BCUT2D eigenvalue weighted by Gasteiger charge is 2.13. The lowest BCUT2D eigenvalue weighted by Crippen LogP contribution is -2.39. The van der Waals surface area contributed by atoms with Crippen LogP contribution < -0.4 is 14.8 Å². The maximum Gasteiger partial charge on any atom is 0.231 e. The number of ether oxygens (including phenoxy) is 2. The average molecular weight is 391 g/mol. The van der Waals surface area contributed by atoms with Gasteiger partial charge >= 0.3 is 0 Å². The molecule has 0 bridgehead atoms. The van der Waals surface area contributed by atoms with Gasteiger partial charge in [0.2, 0.25) is 6.79 Å². The summed E-state index contributed by atoms with van der Waals surface area (Å²) in [6.07, 6.45) is 2.73. The van der Waals surface area contributed by atoms with Gasteiger partial charge < -0.3 is 24.7 Å². The molecule has 3 aromatic rings. The van der Waals surface area contributed by atoms with Gasteiger partial charge in [0.15, 0.2) is 17.5 Å². The van der Waals surface area contributed by atoms with E-state index in [0.717, 1.165) is 47.5 Å². The fraction of sp³-hybridized carbons (Fsp3) is 0.273. The van der Waals surface area contributed by atoms with Crippen LogP contribution in [0.1, 0.15) is 11.4 Å². The van der Waals surface area contributed by atoms with Gasteiger partial charge in [-0.15, -0.1) is 0 Å². The van der Waals surface area contributed by atoms with Gasteiger partial charge in [0, 0.05) is 20.6 Å². The second-order valence-corrected chi connectivity index (χ2v) is 6.88. The highest BCUT2D eigenvalue weighted by atomic mass is 16.7. The molecule has 29 heavy (non-hydrogen) atoms. The molecule has 0 radical (unpaired) electrons. The lowest BCUT2D eigenvalue weighted by molar-refractivity contribution is 0.174. The highest BCUT2D eigenvalue weighted by Crippen LogP contribution is 2.32. The molecule has 4 rings (SSSR count). The summed E-state index contributed by atoms with van der Waals surface area (Å²) in [5.74, 6) is 3.34. The van der Waals surface area contributed by atoms with Gasteiger partial charge in [0.05, 0.1) is 18.4 Å². The van der Waals surface area contributed by atoms with Crippen molar-refractivity contribution in [2.45, 2.75) is 13.0 Å². The second kappa shape index (κ2) is 8.68. The standard InChI is InChI=1S/C22H25N5O2/c1-23-22(24-11-10-16-8-9-19-20(12-16)29-15-28-19)27(2)14-21-25-13-18(26-21)17-6-4-3-5-7-17/h3-9,12-13H,10-11,14-15H2,1-2H3,(H,23,24)(H,25,26). The predicted octanol–water partition coefficient (Wildman–Crippen LogP) is 3.06. The van der Waals surface area contributed by atoms with Gasteiger partial charge in [0.25, 0.3) is 0 Å². The average Bonchev–Trinajstić information content (AvgIpc) is 3.41. The van der Waals surface area contributed by atoms with Crippen LogP contribution >= 0.6 is 0 Å². The summed E-state index contributed by atoms with van der Waals surface area (Å²) < 4.78 is 10.8. The molecule has 0 fully saturated rings. The Morgan fingerprint density at radius 3 is 2.83 bits per heavy atom. The molecular formula is C22H25N5O2. The Labute approximate surface area is 170 Å². The first kappa shape index (κ1) is 18.9. The zero-order valence-corrected chi connectivity index (χ0v) is 16.7. The van der Waals surface area contributed by atoms with E-state index in [-0.39, 0.29) is 0 Å². The van der Waals surface area contributed by atoms with Crippen molar-refractivity contribution in [2.75, 3.05) is 27.4 Å². The Kier molecular flexibility index (Phi) is 5.65. The van der Waals surface area contributed by atoms with Gasteiger partial charge in [-0.2, -0.15) is 0 Å². The van der Waals surface area contributed by atoms with Crippen LogP contribution in [-0.2, 0) is 13.0 Å². The zero-order chi connectivity index (χ0) is 20.1. The van der Waals surface area contributed by atoms with Crippen LogP contribution in [0.4, 0.5) is 0 Å². The largest absolute Gasteiger partial charge is 0.454 e. The highest BCUT2D eigenvalue weighted by molar-refractivity contribution is 5.79. The third kappa shape index (κ3) is 4.51. The molecule has 1 aliphatic heterocycles. The number of imidazole rings is 1. The van der Waals surface area contributed by atoms with E-state index < -0.39 is 0 Å². The van der Waals surface area contributed by atoms with E-state index in [1.54, 1.807) is 7.05 Å². The lowest BCUT2D eigenvalue weighted by Gasteiger charge is -2.21. The molecule has 0 atom stereocenters. The first-order valence-electron chi connectivity index (χ1n) is 9.62. The molecule has 0 spiro atoms. The number of fused-ring (bicyclic) bond motifs is 1. The van der Waals surface area contributed by atoms with Crippen molar-refractivity contribution in [3.63, 3.8) is 0 Å². The fourth-order valence-corrected chi connectivity index (χ4v) is 3.31. The minimum absolute atomic E-state index is 0.299. The summed E-state index contributed by atoms with van der Waals surface area (Å²) in [5, 5.41) is 3.41.